The Balaban J connectivity index is 2.58. The highest BCUT2D eigenvalue weighted by molar-refractivity contribution is 5.99. The Hall–Kier alpha value is -1.57. The molecule has 19 heavy (non-hydrogen) atoms. The lowest BCUT2D eigenvalue weighted by atomic mass is 9.81. The molecule has 0 unspecified atom stereocenters. The molecular weight excluding hydrogens is 236 g/mol. The van der Waals surface area contributed by atoms with Crippen LogP contribution in [0.5, 0.6) is 0 Å². The molecule has 0 amide bonds. The van der Waals surface area contributed by atoms with Gasteiger partial charge in [-0.2, -0.15) is 0 Å². The summed E-state index contributed by atoms with van der Waals surface area (Å²) >= 11 is 0. The van der Waals surface area contributed by atoms with Crippen molar-refractivity contribution in [3.8, 4) is 0 Å². The van der Waals surface area contributed by atoms with Gasteiger partial charge in [0, 0.05) is 0 Å². The van der Waals surface area contributed by atoms with E-state index in [4.69, 9.17) is 4.74 Å². The molecule has 1 aromatic rings. The molecule has 102 valence electrons. The summed E-state index contributed by atoms with van der Waals surface area (Å²) in [6.45, 7) is 12.6. The molecule has 0 atom stereocenters. The maximum absolute atomic E-state index is 12.5. The van der Waals surface area contributed by atoms with Crippen molar-refractivity contribution in [3.05, 3.63) is 45.5 Å². The highest BCUT2D eigenvalue weighted by Crippen LogP contribution is 2.56. The molecule has 0 bridgehead atoms. The van der Waals surface area contributed by atoms with Gasteiger partial charge in [0.2, 0.25) is 0 Å². The average Bonchev–Trinajstić information content (AvgIpc) is 2.82. The van der Waals surface area contributed by atoms with Crippen LogP contribution in [0.1, 0.15) is 43.0 Å². The van der Waals surface area contributed by atoms with E-state index in [2.05, 4.69) is 32.9 Å². The van der Waals surface area contributed by atoms with Gasteiger partial charge >= 0.3 is 5.97 Å². The van der Waals surface area contributed by atoms with Crippen LogP contribution >= 0.6 is 0 Å². The Bertz CT molecular complexity index is 544. The topological polar surface area (TPSA) is 26.3 Å². The number of esters is 1. The summed E-state index contributed by atoms with van der Waals surface area (Å²) in [6, 6.07) is 4.28. The monoisotopic (exact) mass is 258 g/mol. The van der Waals surface area contributed by atoms with Crippen LogP contribution < -0.4 is 0 Å². The highest BCUT2D eigenvalue weighted by atomic mass is 16.5. The van der Waals surface area contributed by atoms with Gasteiger partial charge in [0.15, 0.2) is 0 Å². The third kappa shape index (κ3) is 1.81. The first kappa shape index (κ1) is 13.9. The quantitative estimate of drug-likeness (QED) is 0.609. The van der Waals surface area contributed by atoms with Crippen molar-refractivity contribution in [2.75, 3.05) is 6.61 Å². The van der Waals surface area contributed by atoms with Gasteiger partial charge in [-0.1, -0.05) is 17.7 Å². The number of aryl methyl sites for hydroxylation is 3. The Morgan fingerprint density at radius 2 is 1.53 bits per heavy atom. The van der Waals surface area contributed by atoms with E-state index in [9.17, 15) is 4.79 Å². The van der Waals surface area contributed by atoms with E-state index in [0.717, 1.165) is 16.7 Å². The van der Waals surface area contributed by atoms with Crippen LogP contribution in [0, 0.1) is 20.8 Å². The standard InChI is InChI=1S/C17H22O2/c1-7-19-16(18)17(13(5)14(17)6)15-11(3)8-10(2)9-12(15)4/h8-9H,7H2,1-6H3. The fraction of sp³-hybridized carbons (Fsp3) is 0.471. The lowest BCUT2D eigenvalue weighted by molar-refractivity contribution is -0.145. The van der Waals surface area contributed by atoms with Gasteiger partial charge in [0.05, 0.1) is 6.61 Å². The first-order chi connectivity index (χ1) is 8.87. The smallest absolute Gasteiger partial charge is 0.324 e. The molecule has 0 radical (unpaired) electrons. The molecule has 0 fully saturated rings. The minimum atomic E-state index is -0.585. The second-order valence-electron chi connectivity index (χ2n) is 5.49. The van der Waals surface area contributed by atoms with Gasteiger partial charge in [-0.3, -0.25) is 4.79 Å². The average molecular weight is 258 g/mol. The highest BCUT2D eigenvalue weighted by Gasteiger charge is 2.58. The molecule has 2 heteroatoms. The van der Waals surface area contributed by atoms with Crippen molar-refractivity contribution >= 4 is 5.97 Å². The maximum Gasteiger partial charge on any atom is 0.324 e. The van der Waals surface area contributed by atoms with Gasteiger partial charge in [-0.25, -0.2) is 0 Å². The van der Waals surface area contributed by atoms with Crippen LogP contribution in [0.4, 0.5) is 0 Å². The Morgan fingerprint density at radius 1 is 1.05 bits per heavy atom. The Morgan fingerprint density at radius 3 is 1.89 bits per heavy atom. The van der Waals surface area contributed by atoms with Crippen LogP contribution in [0.25, 0.3) is 0 Å². The predicted molar refractivity (Wildman–Crippen MR) is 77.3 cm³/mol. The van der Waals surface area contributed by atoms with Crippen LogP contribution in [0.3, 0.4) is 0 Å². The Kier molecular flexibility index (Phi) is 3.29. The fourth-order valence-electron chi connectivity index (χ4n) is 3.36. The van der Waals surface area contributed by atoms with Crippen LogP contribution in [-0.4, -0.2) is 12.6 Å². The lowest BCUT2D eigenvalue weighted by Crippen LogP contribution is -2.29. The maximum atomic E-state index is 12.5. The molecule has 0 spiro atoms. The molecular formula is C17H22O2. The fourth-order valence-corrected chi connectivity index (χ4v) is 3.36. The lowest BCUT2D eigenvalue weighted by Gasteiger charge is -2.23. The van der Waals surface area contributed by atoms with E-state index in [1.165, 1.54) is 16.7 Å². The normalized spacial score (nSPS) is 16.5. The summed E-state index contributed by atoms with van der Waals surface area (Å²) in [5.41, 5.74) is 6.38. The van der Waals surface area contributed by atoms with Crippen LogP contribution in [-0.2, 0) is 14.9 Å². The van der Waals surface area contributed by atoms with Crippen molar-refractivity contribution in [2.24, 2.45) is 0 Å². The largest absolute Gasteiger partial charge is 0.465 e. The van der Waals surface area contributed by atoms with E-state index in [1.54, 1.807) is 0 Å². The summed E-state index contributed by atoms with van der Waals surface area (Å²) in [6.07, 6.45) is 0. The summed E-state index contributed by atoms with van der Waals surface area (Å²) in [4.78, 5) is 12.5. The number of rotatable bonds is 3. The molecule has 1 aliphatic carbocycles. The van der Waals surface area contributed by atoms with Crippen molar-refractivity contribution < 1.29 is 9.53 Å². The molecule has 0 aromatic heterocycles. The molecule has 1 aliphatic rings. The van der Waals surface area contributed by atoms with E-state index >= 15 is 0 Å². The van der Waals surface area contributed by atoms with Gasteiger partial charge < -0.3 is 4.74 Å². The number of ether oxygens (including phenoxy) is 1. The number of carbonyl (C=O) groups is 1. The minimum Gasteiger partial charge on any atom is -0.465 e. The number of carbonyl (C=O) groups excluding carboxylic acids is 1. The van der Waals surface area contributed by atoms with E-state index in [1.807, 2.05) is 20.8 Å². The number of benzene rings is 1. The second-order valence-corrected chi connectivity index (χ2v) is 5.49. The number of hydrogen-bond donors (Lipinski definition) is 0. The zero-order valence-electron chi connectivity index (χ0n) is 12.7. The minimum absolute atomic E-state index is 0.125. The number of hydrogen-bond acceptors (Lipinski definition) is 2. The summed E-state index contributed by atoms with van der Waals surface area (Å²) < 4.78 is 5.32. The van der Waals surface area contributed by atoms with Crippen molar-refractivity contribution in [1.82, 2.24) is 0 Å². The molecule has 0 saturated heterocycles. The summed E-state index contributed by atoms with van der Waals surface area (Å²) in [5, 5.41) is 0. The van der Waals surface area contributed by atoms with Gasteiger partial charge in [0.25, 0.3) is 0 Å². The second kappa shape index (κ2) is 4.52. The zero-order chi connectivity index (χ0) is 14.4. The molecule has 0 N–H and O–H groups in total. The molecule has 0 heterocycles. The Labute approximate surface area is 115 Å². The predicted octanol–water partition coefficient (Wildman–Crippen LogP) is 3.76. The molecule has 2 rings (SSSR count). The molecule has 1 aromatic carbocycles. The van der Waals surface area contributed by atoms with E-state index in [0.29, 0.717) is 6.61 Å². The van der Waals surface area contributed by atoms with Crippen molar-refractivity contribution in [1.29, 1.82) is 0 Å². The molecule has 2 nitrogen and oxygen atoms in total. The van der Waals surface area contributed by atoms with Crippen molar-refractivity contribution in [3.63, 3.8) is 0 Å². The van der Waals surface area contributed by atoms with Gasteiger partial charge in [-0.15, -0.1) is 0 Å². The van der Waals surface area contributed by atoms with Crippen molar-refractivity contribution in [2.45, 2.75) is 47.0 Å². The summed E-state index contributed by atoms with van der Waals surface area (Å²) in [7, 11) is 0. The van der Waals surface area contributed by atoms with Crippen LogP contribution in [0.15, 0.2) is 23.3 Å². The molecule has 0 saturated carbocycles. The first-order valence-corrected chi connectivity index (χ1v) is 6.81. The first-order valence-electron chi connectivity index (χ1n) is 6.81. The zero-order valence-corrected chi connectivity index (χ0v) is 12.7. The van der Waals surface area contributed by atoms with E-state index in [-0.39, 0.29) is 5.97 Å². The third-order valence-electron chi connectivity index (χ3n) is 4.26. The van der Waals surface area contributed by atoms with E-state index < -0.39 is 5.41 Å². The third-order valence-corrected chi connectivity index (χ3v) is 4.26. The molecule has 0 aliphatic heterocycles. The van der Waals surface area contributed by atoms with Gasteiger partial charge in [0.1, 0.15) is 5.41 Å². The van der Waals surface area contributed by atoms with Gasteiger partial charge in [-0.05, 0) is 69.4 Å². The van der Waals surface area contributed by atoms with Crippen LogP contribution in [0.2, 0.25) is 0 Å². The SMILES string of the molecule is CCOC(=O)C1(c2c(C)cc(C)cc2C)C(C)=C1C. The summed E-state index contributed by atoms with van der Waals surface area (Å²) in [5.74, 6) is -0.125.